The van der Waals surface area contributed by atoms with Crippen LogP contribution in [0.4, 0.5) is 5.69 Å². The molecule has 1 aliphatic heterocycles. The first kappa shape index (κ1) is 22.2. The van der Waals surface area contributed by atoms with Gasteiger partial charge in [-0.1, -0.05) is 12.1 Å². The van der Waals surface area contributed by atoms with Crippen molar-refractivity contribution < 1.29 is 18.1 Å². The molecule has 9 heteroatoms. The van der Waals surface area contributed by atoms with Crippen LogP contribution >= 0.6 is 0 Å². The molecule has 1 fully saturated rings. The smallest absolute Gasteiger partial charge is 0.271 e. The van der Waals surface area contributed by atoms with Crippen molar-refractivity contribution in [2.45, 2.75) is 37.6 Å². The van der Waals surface area contributed by atoms with E-state index in [1.165, 1.54) is 6.07 Å². The summed E-state index contributed by atoms with van der Waals surface area (Å²) in [6.45, 7) is 5.30. The molecule has 1 aliphatic rings. The number of hydrogen-bond donors (Lipinski definition) is 1. The van der Waals surface area contributed by atoms with Gasteiger partial charge in [-0.2, -0.15) is 0 Å². The van der Waals surface area contributed by atoms with E-state index >= 15 is 0 Å². The third-order valence-electron chi connectivity index (χ3n) is 5.65. The number of ether oxygens (including phenoxy) is 1. The fourth-order valence-corrected chi connectivity index (χ4v) is 5.17. The second-order valence-electron chi connectivity index (χ2n) is 7.53. The van der Waals surface area contributed by atoms with Gasteiger partial charge in [0.15, 0.2) is 0 Å². The van der Waals surface area contributed by atoms with Crippen LogP contribution in [0, 0.1) is 24.0 Å². The van der Waals surface area contributed by atoms with Gasteiger partial charge in [-0.25, -0.2) is 13.1 Å². The van der Waals surface area contributed by atoms with Gasteiger partial charge in [-0.05, 0) is 68.6 Å². The second kappa shape index (κ2) is 9.11. The molecule has 2 aromatic carbocycles. The van der Waals surface area contributed by atoms with Gasteiger partial charge in [0.05, 0.1) is 16.9 Å². The topological polar surface area (TPSA) is 102 Å². The number of hydrogen-bond acceptors (Lipinski definition) is 6. The number of nitro groups is 1. The van der Waals surface area contributed by atoms with Crippen LogP contribution in [-0.4, -0.2) is 45.0 Å². The van der Waals surface area contributed by atoms with Crippen molar-refractivity contribution in [2.24, 2.45) is 0 Å². The molecule has 0 radical (unpaired) electrons. The van der Waals surface area contributed by atoms with Crippen LogP contribution in [0.25, 0.3) is 0 Å². The van der Waals surface area contributed by atoms with Crippen LogP contribution < -0.4 is 9.46 Å². The van der Waals surface area contributed by atoms with E-state index < -0.39 is 14.9 Å². The van der Waals surface area contributed by atoms with Gasteiger partial charge in [0.1, 0.15) is 5.75 Å². The Bertz CT molecular complexity index is 1020. The third kappa shape index (κ3) is 4.80. The van der Waals surface area contributed by atoms with Crippen LogP contribution in [0.1, 0.15) is 35.6 Å². The maximum Gasteiger partial charge on any atom is 0.271 e. The van der Waals surface area contributed by atoms with Crippen molar-refractivity contribution in [3.63, 3.8) is 0 Å². The number of nitrogens with zero attached hydrogens (tertiary/aromatic N) is 2. The number of nitro benzene ring substituents is 1. The average Bonchev–Trinajstić information content (AvgIpc) is 3.24. The summed E-state index contributed by atoms with van der Waals surface area (Å²) in [5.41, 5.74) is 1.84. The van der Waals surface area contributed by atoms with Crippen molar-refractivity contribution >= 4 is 15.7 Å². The van der Waals surface area contributed by atoms with Crippen LogP contribution in [0.2, 0.25) is 0 Å². The van der Waals surface area contributed by atoms with E-state index in [-0.39, 0.29) is 23.2 Å². The summed E-state index contributed by atoms with van der Waals surface area (Å²) in [4.78, 5) is 12.8. The highest BCUT2D eigenvalue weighted by Gasteiger charge is 2.27. The lowest BCUT2D eigenvalue weighted by Crippen LogP contribution is -2.37. The first-order chi connectivity index (χ1) is 14.2. The minimum atomic E-state index is -3.92. The van der Waals surface area contributed by atoms with Gasteiger partial charge >= 0.3 is 0 Å². The molecular weight excluding hydrogens is 406 g/mol. The second-order valence-corrected chi connectivity index (χ2v) is 9.26. The highest BCUT2D eigenvalue weighted by molar-refractivity contribution is 7.89. The Balaban J connectivity index is 1.88. The predicted molar refractivity (Wildman–Crippen MR) is 114 cm³/mol. The number of nitrogens with one attached hydrogen (secondary N) is 1. The molecule has 0 aromatic heterocycles. The van der Waals surface area contributed by atoms with Crippen molar-refractivity contribution in [1.29, 1.82) is 0 Å². The average molecular weight is 434 g/mol. The Hall–Kier alpha value is -2.49. The molecule has 0 bridgehead atoms. The molecule has 0 saturated carbocycles. The fourth-order valence-electron chi connectivity index (χ4n) is 3.80. The quantitative estimate of drug-likeness (QED) is 0.506. The maximum atomic E-state index is 13.1. The Labute approximate surface area is 177 Å². The van der Waals surface area contributed by atoms with E-state index in [1.807, 2.05) is 24.3 Å². The predicted octanol–water partition coefficient (Wildman–Crippen LogP) is 3.34. The summed E-state index contributed by atoms with van der Waals surface area (Å²) in [6, 6.07) is 10.00. The van der Waals surface area contributed by atoms with Crippen LogP contribution in [0.3, 0.4) is 0 Å². The van der Waals surface area contributed by atoms with Crippen LogP contribution in [-0.2, 0) is 10.0 Å². The lowest BCUT2D eigenvalue weighted by atomic mass is 10.1. The number of rotatable bonds is 8. The molecule has 1 unspecified atom stereocenters. The first-order valence-corrected chi connectivity index (χ1v) is 11.3. The monoisotopic (exact) mass is 433 g/mol. The summed E-state index contributed by atoms with van der Waals surface area (Å²) < 4.78 is 34.0. The van der Waals surface area contributed by atoms with E-state index in [0.717, 1.165) is 43.3 Å². The Morgan fingerprint density at radius 1 is 1.17 bits per heavy atom. The zero-order valence-corrected chi connectivity index (χ0v) is 18.2. The minimum absolute atomic E-state index is 0.0518. The molecule has 162 valence electrons. The van der Waals surface area contributed by atoms with Crippen molar-refractivity contribution in [2.75, 3.05) is 26.7 Å². The number of benzene rings is 2. The van der Waals surface area contributed by atoms with E-state index in [1.54, 1.807) is 21.0 Å². The molecule has 1 atom stereocenters. The summed E-state index contributed by atoms with van der Waals surface area (Å²) in [7, 11) is -2.32. The van der Waals surface area contributed by atoms with Crippen LogP contribution in [0.15, 0.2) is 41.3 Å². The normalized spacial score (nSPS) is 15.8. The SMILES string of the molecule is COc1ccc(C(CNS(=O)(=O)c2cc([N+](=O)[O-])cc(C)c2C)N2CCCC2)cc1. The summed E-state index contributed by atoms with van der Waals surface area (Å²) in [5, 5.41) is 11.2. The molecule has 0 aliphatic carbocycles. The largest absolute Gasteiger partial charge is 0.497 e. The summed E-state index contributed by atoms with van der Waals surface area (Å²) in [6.07, 6.45) is 2.14. The number of likely N-dealkylation sites (tertiary alicyclic amines) is 1. The molecule has 2 aromatic rings. The first-order valence-electron chi connectivity index (χ1n) is 9.86. The van der Waals surface area contributed by atoms with Crippen molar-refractivity contribution in [3.05, 3.63) is 63.2 Å². The maximum absolute atomic E-state index is 13.1. The number of non-ortho nitro benzene ring substituents is 1. The molecular formula is C21H27N3O5S. The van der Waals surface area contributed by atoms with Crippen molar-refractivity contribution in [1.82, 2.24) is 9.62 Å². The number of methoxy groups -OCH3 is 1. The van der Waals surface area contributed by atoms with E-state index in [9.17, 15) is 18.5 Å². The van der Waals surface area contributed by atoms with Gasteiger partial charge in [-0.15, -0.1) is 0 Å². The van der Waals surface area contributed by atoms with Crippen molar-refractivity contribution in [3.8, 4) is 5.75 Å². The van der Waals surface area contributed by atoms with E-state index in [4.69, 9.17) is 4.74 Å². The number of aryl methyl sites for hydroxylation is 1. The highest BCUT2D eigenvalue weighted by Crippen LogP contribution is 2.28. The van der Waals surface area contributed by atoms with E-state index in [2.05, 4.69) is 9.62 Å². The Morgan fingerprint density at radius 2 is 1.80 bits per heavy atom. The lowest BCUT2D eigenvalue weighted by molar-refractivity contribution is -0.385. The van der Waals surface area contributed by atoms with Gasteiger partial charge in [-0.3, -0.25) is 15.0 Å². The minimum Gasteiger partial charge on any atom is -0.497 e. The Morgan fingerprint density at radius 3 is 2.37 bits per heavy atom. The molecule has 1 heterocycles. The molecule has 8 nitrogen and oxygen atoms in total. The van der Waals surface area contributed by atoms with Crippen LogP contribution in [0.5, 0.6) is 5.75 Å². The zero-order valence-electron chi connectivity index (χ0n) is 17.4. The van der Waals surface area contributed by atoms with Gasteiger partial charge < -0.3 is 4.74 Å². The molecule has 3 rings (SSSR count). The van der Waals surface area contributed by atoms with Gasteiger partial charge in [0.2, 0.25) is 10.0 Å². The third-order valence-corrected chi connectivity index (χ3v) is 7.20. The standard InChI is InChI=1S/C21H27N3O5S/c1-15-12-18(24(25)26)13-21(16(15)2)30(27,28)22-14-20(23-10-4-5-11-23)17-6-8-19(29-3)9-7-17/h6-9,12-13,20,22H,4-5,10-11,14H2,1-3H3. The highest BCUT2D eigenvalue weighted by atomic mass is 32.2. The van der Waals surface area contributed by atoms with Gasteiger partial charge in [0.25, 0.3) is 5.69 Å². The van der Waals surface area contributed by atoms with E-state index in [0.29, 0.717) is 11.1 Å². The zero-order chi connectivity index (χ0) is 21.9. The molecule has 1 N–H and O–H groups in total. The Kier molecular flexibility index (Phi) is 6.74. The van der Waals surface area contributed by atoms with Gasteiger partial charge in [0, 0.05) is 24.7 Å². The molecule has 0 amide bonds. The molecule has 1 saturated heterocycles. The fraction of sp³-hybridized carbons (Fsp3) is 0.429. The molecule has 0 spiro atoms. The molecule has 30 heavy (non-hydrogen) atoms. The summed E-state index contributed by atoms with van der Waals surface area (Å²) >= 11 is 0. The summed E-state index contributed by atoms with van der Waals surface area (Å²) in [5.74, 6) is 0.738. The lowest BCUT2D eigenvalue weighted by Gasteiger charge is -2.28. The number of sulfonamides is 1.